The van der Waals surface area contributed by atoms with E-state index in [-0.39, 0.29) is 17.4 Å². The minimum atomic E-state index is -0.583. The number of aromatic nitrogens is 3. The maximum atomic E-state index is 12.9. The van der Waals surface area contributed by atoms with Crippen molar-refractivity contribution in [1.29, 1.82) is 0 Å². The SMILES string of the molecule is Cc1ccc(O[C@H](C)C(=O)N2CC[C@@H](c3cc(=O)[nH]c(-c4ccncc4)n3)C2)cc1C. The minimum absolute atomic E-state index is 0.0145. The Labute approximate surface area is 181 Å². The van der Waals surface area contributed by atoms with E-state index >= 15 is 0 Å². The molecule has 3 heterocycles. The third-order valence-corrected chi connectivity index (χ3v) is 5.77. The Balaban J connectivity index is 1.45. The molecule has 0 spiro atoms. The number of carbonyl (C=O) groups excluding carboxylic acids is 1. The first-order valence-corrected chi connectivity index (χ1v) is 10.4. The molecule has 1 fully saturated rings. The number of carbonyl (C=O) groups is 1. The lowest BCUT2D eigenvalue weighted by Gasteiger charge is -2.22. The van der Waals surface area contributed by atoms with Gasteiger partial charge in [0.15, 0.2) is 6.10 Å². The van der Waals surface area contributed by atoms with Gasteiger partial charge in [-0.2, -0.15) is 0 Å². The van der Waals surface area contributed by atoms with E-state index in [2.05, 4.69) is 15.0 Å². The number of nitrogens with zero attached hydrogens (tertiary/aromatic N) is 3. The van der Waals surface area contributed by atoms with Crippen molar-refractivity contribution < 1.29 is 9.53 Å². The predicted octanol–water partition coefficient (Wildman–Crippen LogP) is 3.23. The summed E-state index contributed by atoms with van der Waals surface area (Å²) < 4.78 is 5.89. The molecule has 1 N–H and O–H groups in total. The number of amides is 1. The number of benzene rings is 1. The molecule has 0 saturated carbocycles. The van der Waals surface area contributed by atoms with E-state index in [1.54, 1.807) is 36.4 Å². The summed E-state index contributed by atoms with van der Waals surface area (Å²) in [6.45, 7) is 6.97. The lowest BCUT2D eigenvalue weighted by Crippen LogP contribution is -2.39. The molecule has 160 valence electrons. The van der Waals surface area contributed by atoms with E-state index in [1.165, 1.54) is 11.6 Å². The Hall–Kier alpha value is -3.48. The summed E-state index contributed by atoms with van der Waals surface area (Å²) in [4.78, 5) is 38.4. The summed E-state index contributed by atoms with van der Waals surface area (Å²) in [5, 5.41) is 0. The van der Waals surface area contributed by atoms with Crippen LogP contribution in [0.15, 0.2) is 53.6 Å². The second-order valence-corrected chi connectivity index (χ2v) is 8.03. The summed E-state index contributed by atoms with van der Waals surface area (Å²) in [5.41, 5.74) is 3.62. The van der Waals surface area contributed by atoms with Gasteiger partial charge in [0, 0.05) is 43.0 Å². The number of aryl methyl sites for hydroxylation is 2. The molecule has 7 nitrogen and oxygen atoms in total. The minimum Gasteiger partial charge on any atom is -0.481 e. The normalized spacial score (nSPS) is 16.9. The van der Waals surface area contributed by atoms with Crippen molar-refractivity contribution in [1.82, 2.24) is 19.9 Å². The monoisotopic (exact) mass is 418 g/mol. The Morgan fingerprint density at radius 2 is 1.94 bits per heavy atom. The standard InChI is InChI=1S/C24H26N4O3/c1-15-4-5-20(12-16(15)2)31-17(3)24(30)28-11-8-19(14-28)21-13-22(29)27-23(26-21)18-6-9-25-10-7-18/h4-7,9-10,12-13,17,19H,8,11,14H2,1-3H3,(H,26,27,29)/t17-,19-/m1/s1. The van der Waals surface area contributed by atoms with Gasteiger partial charge in [-0.05, 0) is 62.6 Å². The summed E-state index contributed by atoms with van der Waals surface area (Å²) >= 11 is 0. The molecule has 7 heteroatoms. The van der Waals surface area contributed by atoms with E-state index in [9.17, 15) is 9.59 Å². The molecule has 0 radical (unpaired) electrons. The highest BCUT2D eigenvalue weighted by molar-refractivity contribution is 5.81. The van der Waals surface area contributed by atoms with Crippen LogP contribution in [0.1, 0.15) is 36.1 Å². The van der Waals surface area contributed by atoms with E-state index in [0.717, 1.165) is 17.5 Å². The van der Waals surface area contributed by atoms with Crippen molar-refractivity contribution in [2.45, 2.75) is 39.2 Å². The zero-order valence-corrected chi connectivity index (χ0v) is 18.0. The van der Waals surface area contributed by atoms with Gasteiger partial charge in [0.05, 0.1) is 5.69 Å². The number of hydrogen-bond donors (Lipinski definition) is 1. The van der Waals surface area contributed by atoms with Gasteiger partial charge < -0.3 is 14.6 Å². The maximum absolute atomic E-state index is 12.9. The molecule has 1 aliphatic rings. The zero-order valence-electron chi connectivity index (χ0n) is 18.0. The van der Waals surface area contributed by atoms with Crippen molar-refractivity contribution in [3.8, 4) is 17.1 Å². The third kappa shape index (κ3) is 4.66. The van der Waals surface area contributed by atoms with Crippen molar-refractivity contribution in [3.63, 3.8) is 0 Å². The molecular formula is C24H26N4O3. The molecule has 1 aliphatic heterocycles. The van der Waals surface area contributed by atoms with E-state index in [4.69, 9.17) is 4.74 Å². The number of likely N-dealkylation sites (tertiary alicyclic amines) is 1. The first-order chi connectivity index (χ1) is 14.9. The van der Waals surface area contributed by atoms with E-state index < -0.39 is 6.10 Å². The second kappa shape index (κ2) is 8.71. The van der Waals surface area contributed by atoms with Crippen molar-refractivity contribution in [3.05, 3.63) is 76.0 Å². The average Bonchev–Trinajstić information content (AvgIpc) is 3.26. The van der Waals surface area contributed by atoms with Gasteiger partial charge in [0.25, 0.3) is 11.5 Å². The number of ether oxygens (including phenoxy) is 1. The third-order valence-electron chi connectivity index (χ3n) is 5.77. The van der Waals surface area contributed by atoms with Crippen LogP contribution < -0.4 is 10.3 Å². The Morgan fingerprint density at radius 3 is 2.68 bits per heavy atom. The van der Waals surface area contributed by atoms with Crippen molar-refractivity contribution >= 4 is 5.91 Å². The maximum Gasteiger partial charge on any atom is 0.263 e. The molecule has 0 unspecified atom stereocenters. The summed E-state index contributed by atoms with van der Waals surface area (Å²) in [5.74, 6) is 1.17. The average molecular weight is 418 g/mol. The number of pyridine rings is 1. The van der Waals surface area contributed by atoms with Crippen molar-refractivity contribution in [2.75, 3.05) is 13.1 Å². The van der Waals surface area contributed by atoms with Gasteiger partial charge in [-0.15, -0.1) is 0 Å². The molecule has 2 aromatic heterocycles. The zero-order chi connectivity index (χ0) is 22.0. The van der Waals surface area contributed by atoms with Gasteiger partial charge in [0.2, 0.25) is 0 Å². The summed E-state index contributed by atoms with van der Waals surface area (Å²) in [6, 6.07) is 11.0. The van der Waals surface area contributed by atoms with Gasteiger partial charge in [0.1, 0.15) is 11.6 Å². The van der Waals surface area contributed by atoms with E-state index in [1.807, 2.05) is 32.0 Å². The molecule has 3 aromatic rings. The van der Waals surface area contributed by atoms with Gasteiger partial charge in [-0.25, -0.2) is 4.98 Å². The first kappa shape index (κ1) is 20.8. The lowest BCUT2D eigenvalue weighted by atomic mass is 10.0. The van der Waals surface area contributed by atoms with E-state index in [0.29, 0.717) is 30.4 Å². The van der Waals surface area contributed by atoms with Crippen LogP contribution in [-0.4, -0.2) is 45.0 Å². The predicted molar refractivity (Wildman–Crippen MR) is 118 cm³/mol. The summed E-state index contributed by atoms with van der Waals surface area (Å²) in [6.07, 6.45) is 3.50. The molecule has 0 aliphatic carbocycles. The van der Waals surface area contributed by atoms with Crippen LogP contribution in [-0.2, 0) is 4.79 Å². The molecular weight excluding hydrogens is 392 g/mol. The first-order valence-electron chi connectivity index (χ1n) is 10.4. The second-order valence-electron chi connectivity index (χ2n) is 8.03. The number of hydrogen-bond acceptors (Lipinski definition) is 5. The van der Waals surface area contributed by atoms with Crippen LogP contribution in [0.2, 0.25) is 0 Å². The molecule has 4 rings (SSSR count). The fourth-order valence-corrected chi connectivity index (χ4v) is 3.83. The highest BCUT2D eigenvalue weighted by atomic mass is 16.5. The van der Waals surface area contributed by atoms with Crippen LogP contribution in [0, 0.1) is 13.8 Å². The molecule has 0 bridgehead atoms. The molecule has 31 heavy (non-hydrogen) atoms. The Bertz CT molecular complexity index is 1140. The molecule has 1 aromatic carbocycles. The highest BCUT2D eigenvalue weighted by Gasteiger charge is 2.31. The smallest absolute Gasteiger partial charge is 0.263 e. The largest absolute Gasteiger partial charge is 0.481 e. The van der Waals surface area contributed by atoms with Gasteiger partial charge >= 0.3 is 0 Å². The quantitative estimate of drug-likeness (QED) is 0.687. The Morgan fingerprint density at radius 1 is 1.16 bits per heavy atom. The number of nitrogens with one attached hydrogen (secondary N) is 1. The topological polar surface area (TPSA) is 88.2 Å². The van der Waals surface area contributed by atoms with Crippen LogP contribution in [0.25, 0.3) is 11.4 Å². The fourth-order valence-electron chi connectivity index (χ4n) is 3.83. The van der Waals surface area contributed by atoms with Gasteiger partial charge in [-0.3, -0.25) is 14.6 Å². The van der Waals surface area contributed by atoms with Crippen LogP contribution in [0.5, 0.6) is 5.75 Å². The fraction of sp³-hybridized carbons (Fsp3) is 0.333. The number of rotatable bonds is 5. The van der Waals surface area contributed by atoms with Crippen molar-refractivity contribution in [2.24, 2.45) is 0 Å². The van der Waals surface area contributed by atoms with Crippen LogP contribution >= 0.6 is 0 Å². The van der Waals surface area contributed by atoms with Crippen LogP contribution in [0.3, 0.4) is 0 Å². The number of H-pyrrole nitrogens is 1. The highest BCUT2D eigenvalue weighted by Crippen LogP contribution is 2.27. The molecule has 2 atom stereocenters. The number of aromatic amines is 1. The summed E-state index contributed by atoms with van der Waals surface area (Å²) in [7, 11) is 0. The molecule has 1 saturated heterocycles. The Kier molecular flexibility index (Phi) is 5.84. The lowest BCUT2D eigenvalue weighted by molar-refractivity contribution is -0.136. The van der Waals surface area contributed by atoms with Gasteiger partial charge in [-0.1, -0.05) is 6.07 Å². The van der Waals surface area contributed by atoms with Crippen LogP contribution in [0.4, 0.5) is 0 Å². The molecule has 1 amide bonds.